The van der Waals surface area contributed by atoms with E-state index in [4.69, 9.17) is 9.47 Å². The van der Waals surface area contributed by atoms with E-state index in [2.05, 4.69) is 10.2 Å². The Morgan fingerprint density at radius 3 is 2.65 bits per heavy atom. The van der Waals surface area contributed by atoms with Crippen molar-refractivity contribution in [3.63, 3.8) is 0 Å². The summed E-state index contributed by atoms with van der Waals surface area (Å²) in [5.41, 5.74) is 1.09. The summed E-state index contributed by atoms with van der Waals surface area (Å²) < 4.78 is 10.5. The molecular formula is C19H27N3O4. The van der Waals surface area contributed by atoms with E-state index < -0.39 is 6.09 Å². The number of carbonyl (C=O) groups excluding carboxylic acids is 2. The molecule has 0 spiro atoms. The zero-order chi connectivity index (χ0) is 18.4. The predicted octanol–water partition coefficient (Wildman–Crippen LogP) is 1.79. The maximum absolute atomic E-state index is 12.3. The molecule has 142 valence electrons. The summed E-state index contributed by atoms with van der Waals surface area (Å²) >= 11 is 0. The van der Waals surface area contributed by atoms with Crippen LogP contribution >= 0.6 is 0 Å². The van der Waals surface area contributed by atoms with Gasteiger partial charge in [0.1, 0.15) is 5.75 Å². The lowest BCUT2D eigenvalue weighted by Crippen LogP contribution is -2.38. The molecule has 2 aliphatic heterocycles. The average molecular weight is 361 g/mol. The third-order valence-electron chi connectivity index (χ3n) is 4.98. The van der Waals surface area contributed by atoms with Crippen LogP contribution in [0.1, 0.15) is 30.9 Å². The Balaban J connectivity index is 1.55. The van der Waals surface area contributed by atoms with Crippen molar-refractivity contribution in [2.24, 2.45) is 0 Å². The second-order valence-electron chi connectivity index (χ2n) is 6.66. The lowest BCUT2D eigenvalue weighted by Gasteiger charge is -2.29. The molecule has 1 unspecified atom stereocenters. The molecule has 7 nitrogen and oxygen atoms in total. The Kier molecular flexibility index (Phi) is 6.46. The van der Waals surface area contributed by atoms with Gasteiger partial charge in [-0.25, -0.2) is 4.79 Å². The Labute approximate surface area is 154 Å². The number of ether oxygens (including phenoxy) is 2. The normalized spacial score (nSPS) is 21.0. The van der Waals surface area contributed by atoms with E-state index in [1.54, 1.807) is 12.1 Å². The monoisotopic (exact) mass is 361 g/mol. The van der Waals surface area contributed by atoms with Crippen molar-refractivity contribution in [3.8, 4) is 5.75 Å². The van der Waals surface area contributed by atoms with Gasteiger partial charge < -0.3 is 19.7 Å². The third kappa shape index (κ3) is 4.74. The summed E-state index contributed by atoms with van der Waals surface area (Å²) in [5.74, 6) is 0.721. The maximum atomic E-state index is 12.3. The Morgan fingerprint density at radius 2 is 1.96 bits per heavy atom. The highest BCUT2D eigenvalue weighted by Crippen LogP contribution is 2.33. The van der Waals surface area contributed by atoms with Gasteiger partial charge in [-0.05, 0) is 30.5 Å². The third-order valence-corrected chi connectivity index (χ3v) is 4.98. The summed E-state index contributed by atoms with van der Waals surface area (Å²) in [4.78, 5) is 28.0. The summed E-state index contributed by atoms with van der Waals surface area (Å²) in [6.07, 6.45) is 1.92. The highest BCUT2D eigenvalue weighted by Gasteiger charge is 2.31. The molecule has 0 aliphatic carbocycles. The van der Waals surface area contributed by atoms with Crippen LogP contribution < -0.4 is 10.1 Å². The lowest BCUT2D eigenvalue weighted by atomic mass is 10.0. The minimum atomic E-state index is -0.487. The molecule has 0 saturated carbocycles. The molecule has 2 amide bonds. The number of hydrogen-bond acceptors (Lipinski definition) is 5. The molecule has 1 aromatic carbocycles. The van der Waals surface area contributed by atoms with Crippen molar-refractivity contribution in [2.75, 3.05) is 46.4 Å². The van der Waals surface area contributed by atoms with Gasteiger partial charge in [0.05, 0.1) is 19.3 Å². The lowest BCUT2D eigenvalue weighted by molar-refractivity contribution is -0.129. The minimum Gasteiger partial charge on any atom is -0.410 e. The molecule has 2 saturated heterocycles. The van der Waals surface area contributed by atoms with Crippen LogP contribution in [-0.4, -0.2) is 68.2 Å². The largest absolute Gasteiger partial charge is 0.412 e. The first kappa shape index (κ1) is 18.7. The van der Waals surface area contributed by atoms with Crippen molar-refractivity contribution in [3.05, 3.63) is 29.8 Å². The molecule has 1 N–H and O–H groups in total. The minimum absolute atomic E-state index is 0.112. The van der Waals surface area contributed by atoms with Gasteiger partial charge in [0.2, 0.25) is 5.91 Å². The number of hydrogen-bond donors (Lipinski definition) is 1. The van der Waals surface area contributed by atoms with Crippen molar-refractivity contribution >= 4 is 12.0 Å². The first-order valence-corrected chi connectivity index (χ1v) is 9.26. The first-order chi connectivity index (χ1) is 12.7. The van der Waals surface area contributed by atoms with Crippen molar-refractivity contribution < 1.29 is 19.1 Å². The molecular weight excluding hydrogens is 334 g/mol. The molecule has 2 fully saturated rings. The van der Waals surface area contributed by atoms with E-state index in [-0.39, 0.29) is 11.9 Å². The van der Waals surface area contributed by atoms with Crippen LogP contribution in [0.2, 0.25) is 0 Å². The molecule has 0 aromatic heterocycles. The number of rotatable bonds is 6. The van der Waals surface area contributed by atoms with Crippen LogP contribution in [0.25, 0.3) is 0 Å². The van der Waals surface area contributed by atoms with E-state index in [1.807, 2.05) is 17.0 Å². The summed E-state index contributed by atoms with van der Waals surface area (Å²) in [5, 5.41) is 2.42. The predicted molar refractivity (Wildman–Crippen MR) is 97.1 cm³/mol. The van der Waals surface area contributed by atoms with Crippen molar-refractivity contribution in [1.29, 1.82) is 0 Å². The number of carbonyl (C=O) groups is 2. The van der Waals surface area contributed by atoms with Gasteiger partial charge in [-0.2, -0.15) is 0 Å². The number of morpholine rings is 1. The fourth-order valence-corrected chi connectivity index (χ4v) is 3.57. The van der Waals surface area contributed by atoms with Crippen LogP contribution in [0.15, 0.2) is 24.3 Å². The van der Waals surface area contributed by atoms with E-state index in [9.17, 15) is 9.59 Å². The van der Waals surface area contributed by atoms with Gasteiger partial charge in [0.25, 0.3) is 0 Å². The molecule has 0 radical (unpaired) electrons. The van der Waals surface area contributed by atoms with Crippen molar-refractivity contribution in [1.82, 2.24) is 15.1 Å². The number of amides is 2. The molecule has 2 heterocycles. The fourth-order valence-electron chi connectivity index (χ4n) is 3.57. The van der Waals surface area contributed by atoms with Crippen LogP contribution in [-0.2, 0) is 9.53 Å². The summed E-state index contributed by atoms with van der Waals surface area (Å²) in [7, 11) is 1.52. The molecule has 1 aromatic rings. The fraction of sp³-hybridized carbons (Fsp3) is 0.579. The van der Waals surface area contributed by atoms with Crippen molar-refractivity contribution in [2.45, 2.75) is 25.3 Å². The van der Waals surface area contributed by atoms with Gasteiger partial charge in [0.15, 0.2) is 0 Å². The summed E-state index contributed by atoms with van der Waals surface area (Å²) in [6, 6.07) is 7.55. The topological polar surface area (TPSA) is 71.1 Å². The van der Waals surface area contributed by atoms with Gasteiger partial charge in [0, 0.05) is 39.6 Å². The first-order valence-electron chi connectivity index (χ1n) is 9.26. The van der Waals surface area contributed by atoms with Gasteiger partial charge in [-0.3, -0.25) is 9.69 Å². The second-order valence-corrected chi connectivity index (χ2v) is 6.66. The Morgan fingerprint density at radius 1 is 1.23 bits per heavy atom. The Bertz CT molecular complexity index is 614. The highest BCUT2D eigenvalue weighted by molar-refractivity contribution is 5.79. The molecule has 0 bridgehead atoms. The SMILES string of the molecule is CNC(=O)Oc1ccc(C2CCC(=O)N2CCCN2CCOCC2)cc1. The maximum Gasteiger partial charge on any atom is 0.412 e. The number of likely N-dealkylation sites (tertiary alicyclic amines) is 1. The molecule has 7 heteroatoms. The molecule has 3 rings (SSSR count). The van der Waals surface area contributed by atoms with Gasteiger partial charge in [-0.15, -0.1) is 0 Å². The highest BCUT2D eigenvalue weighted by atomic mass is 16.5. The zero-order valence-electron chi connectivity index (χ0n) is 15.3. The van der Waals surface area contributed by atoms with E-state index in [0.717, 1.165) is 57.8 Å². The van der Waals surface area contributed by atoms with Crippen LogP contribution in [0, 0.1) is 0 Å². The number of benzene rings is 1. The van der Waals surface area contributed by atoms with Crippen LogP contribution in [0.5, 0.6) is 5.75 Å². The summed E-state index contributed by atoms with van der Waals surface area (Å²) in [6.45, 7) is 5.33. The van der Waals surface area contributed by atoms with Crippen LogP contribution in [0.4, 0.5) is 4.79 Å². The quantitative estimate of drug-likeness (QED) is 0.836. The second kappa shape index (κ2) is 9.00. The number of nitrogens with one attached hydrogen (secondary N) is 1. The van der Waals surface area contributed by atoms with Crippen LogP contribution in [0.3, 0.4) is 0 Å². The smallest absolute Gasteiger partial charge is 0.410 e. The Hall–Kier alpha value is -2.12. The van der Waals surface area contributed by atoms with E-state index in [1.165, 1.54) is 7.05 Å². The molecule has 2 aliphatic rings. The van der Waals surface area contributed by atoms with E-state index >= 15 is 0 Å². The van der Waals surface area contributed by atoms with Gasteiger partial charge >= 0.3 is 6.09 Å². The van der Waals surface area contributed by atoms with Gasteiger partial charge in [-0.1, -0.05) is 12.1 Å². The molecule has 1 atom stereocenters. The standard InChI is InChI=1S/C19H27N3O4/c1-20-19(24)26-16-5-3-15(4-6-16)17-7-8-18(23)22(17)10-2-9-21-11-13-25-14-12-21/h3-6,17H,2,7-14H2,1H3,(H,20,24). The average Bonchev–Trinajstić information content (AvgIpc) is 3.04. The van der Waals surface area contributed by atoms with E-state index in [0.29, 0.717) is 12.2 Å². The molecule has 26 heavy (non-hydrogen) atoms. The number of nitrogens with zero attached hydrogens (tertiary/aromatic N) is 2. The zero-order valence-corrected chi connectivity index (χ0v) is 15.3.